The molecule has 0 N–H and O–H groups in total. The largest absolute Gasteiger partial charge is 0.335 e. The third-order valence-corrected chi connectivity index (χ3v) is 6.92. The molecule has 3 heterocycles. The monoisotopic (exact) mass is 373 g/mol. The number of hydrogen-bond donors (Lipinski definition) is 0. The van der Waals surface area contributed by atoms with Crippen LogP contribution in [0.1, 0.15) is 17.3 Å². The van der Waals surface area contributed by atoms with Crippen LogP contribution in [0.2, 0.25) is 0 Å². The topological polar surface area (TPSA) is 87.7 Å². The van der Waals surface area contributed by atoms with Crippen molar-refractivity contribution in [1.29, 1.82) is 0 Å². The molecular weight excluding hydrogens is 354 g/mol. The molecule has 1 aromatic carbocycles. The Morgan fingerprint density at radius 2 is 1.73 bits per heavy atom. The Morgan fingerprint density at radius 1 is 1.04 bits per heavy atom. The fourth-order valence-corrected chi connectivity index (χ4v) is 6.02. The number of aromatic nitrogens is 1. The van der Waals surface area contributed by atoms with Crippen molar-refractivity contribution in [1.82, 2.24) is 14.8 Å². The standard InChI is InChI=1S/C18H19N3O4S/c1-12(22)20-8-9-21(17-11-26(24,25)10-16(17)20)18(23)14-4-2-6-15-13(14)5-3-7-19-15/h2-7,16-17H,8-11H2,1H3/t16-,17+/m1/s1. The minimum absolute atomic E-state index is 0.0852. The molecule has 26 heavy (non-hydrogen) atoms. The van der Waals surface area contributed by atoms with Gasteiger partial charge in [0, 0.05) is 37.2 Å². The van der Waals surface area contributed by atoms with E-state index in [1.807, 2.05) is 12.1 Å². The molecule has 0 radical (unpaired) electrons. The third-order valence-electron chi connectivity index (χ3n) is 5.22. The predicted molar refractivity (Wildman–Crippen MR) is 96.4 cm³/mol. The molecule has 0 aliphatic carbocycles. The minimum atomic E-state index is -3.29. The van der Waals surface area contributed by atoms with Crippen LogP contribution in [0.4, 0.5) is 0 Å². The molecule has 2 amide bonds. The molecule has 2 aliphatic rings. The van der Waals surface area contributed by atoms with E-state index in [1.54, 1.807) is 34.2 Å². The molecular formula is C18H19N3O4S. The van der Waals surface area contributed by atoms with Crippen molar-refractivity contribution in [3.05, 3.63) is 42.1 Å². The highest BCUT2D eigenvalue weighted by atomic mass is 32.2. The molecule has 4 rings (SSSR count). The van der Waals surface area contributed by atoms with Gasteiger partial charge in [0.2, 0.25) is 5.91 Å². The number of nitrogens with zero attached hydrogens (tertiary/aromatic N) is 3. The molecule has 8 heteroatoms. The maximum absolute atomic E-state index is 13.2. The molecule has 136 valence electrons. The number of amides is 2. The van der Waals surface area contributed by atoms with Gasteiger partial charge in [0.05, 0.1) is 29.1 Å². The summed E-state index contributed by atoms with van der Waals surface area (Å²) in [5.74, 6) is -0.550. The third kappa shape index (κ3) is 2.74. The second kappa shape index (κ2) is 6.05. The smallest absolute Gasteiger partial charge is 0.254 e. The molecule has 2 atom stereocenters. The summed E-state index contributed by atoms with van der Waals surface area (Å²) in [5.41, 5.74) is 1.23. The first-order chi connectivity index (χ1) is 12.4. The zero-order valence-corrected chi connectivity index (χ0v) is 15.1. The van der Waals surface area contributed by atoms with Gasteiger partial charge in [-0.2, -0.15) is 0 Å². The summed E-state index contributed by atoms with van der Waals surface area (Å²) in [6, 6.07) is 7.99. The van der Waals surface area contributed by atoms with Crippen molar-refractivity contribution in [2.45, 2.75) is 19.0 Å². The fraction of sp³-hybridized carbons (Fsp3) is 0.389. The van der Waals surface area contributed by atoms with Crippen molar-refractivity contribution in [2.75, 3.05) is 24.6 Å². The van der Waals surface area contributed by atoms with Gasteiger partial charge < -0.3 is 9.80 Å². The van der Waals surface area contributed by atoms with Crippen LogP contribution < -0.4 is 0 Å². The van der Waals surface area contributed by atoms with Crippen LogP contribution in [-0.4, -0.2) is 71.7 Å². The van der Waals surface area contributed by atoms with Crippen LogP contribution in [0, 0.1) is 0 Å². The summed E-state index contributed by atoms with van der Waals surface area (Å²) in [6.45, 7) is 2.11. The van der Waals surface area contributed by atoms with E-state index < -0.39 is 21.9 Å². The lowest BCUT2D eigenvalue weighted by Crippen LogP contribution is -2.61. The van der Waals surface area contributed by atoms with E-state index in [0.29, 0.717) is 18.7 Å². The van der Waals surface area contributed by atoms with Crippen LogP contribution in [0.5, 0.6) is 0 Å². The zero-order chi connectivity index (χ0) is 18.5. The quantitative estimate of drug-likeness (QED) is 0.734. The van der Waals surface area contributed by atoms with E-state index in [9.17, 15) is 18.0 Å². The van der Waals surface area contributed by atoms with Gasteiger partial charge in [-0.1, -0.05) is 12.1 Å². The average Bonchev–Trinajstić information content (AvgIpc) is 2.94. The molecule has 2 fully saturated rings. The molecule has 0 saturated carbocycles. The summed E-state index contributed by atoms with van der Waals surface area (Å²) < 4.78 is 24.4. The number of hydrogen-bond acceptors (Lipinski definition) is 5. The number of fused-ring (bicyclic) bond motifs is 2. The molecule has 0 bridgehead atoms. The number of sulfone groups is 1. The Balaban J connectivity index is 1.73. The molecule has 2 saturated heterocycles. The molecule has 1 aromatic heterocycles. The second-order valence-corrected chi connectivity index (χ2v) is 8.95. The van der Waals surface area contributed by atoms with Gasteiger partial charge in [0.25, 0.3) is 5.91 Å². The van der Waals surface area contributed by atoms with Crippen molar-refractivity contribution in [3.63, 3.8) is 0 Å². The SMILES string of the molecule is CC(=O)N1CCN(C(=O)c2cccc3ncccc23)[C@H]2CS(=O)(=O)C[C@H]21. The first-order valence-corrected chi connectivity index (χ1v) is 10.3. The summed E-state index contributed by atoms with van der Waals surface area (Å²) >= 11 is 0. The Kier molecular flexibility index (Phi) is 3.95. The molecule has 0 unspecified atom stereocenters. The zero-order valence-electron chi connectivity index (χ0n) is 14.3. The lowest BCUT2D eigenvalue weighted by atomic mass is 10.0. The Morgan fingerprint density at radius 3 is 2.46 bits per heavy atom. The molecule has 0 spiro atoms. The number of benzene rings is 1. The van der Waals surface area contributed by atoms with Gasteiger partial charge >= 0.3 is 0 Å². The van der Waals surface area contributed by atoms with Crippen LogP contribution in [0.15, 0.2) is 36.5 Å². The summed E-state index contributed by atoms with van der Waals surface area (Å²) in [6.07, 6.45) is 1.67. The number of rotatable bonds is 1. The van der Waals surface area contributed by atoms with Crippen LogP contribution in [-0.2, 0) is 14.6 Å². The average molecular weight is 373 g/mol. The van der Waals surface area contributed by atoms with Crippen LogP contribution >= 0.6 is 0 Å². The van der Waals surface area contributed by atoms with Gasteiger partial charge in [-0.15, -0.1) is 0 Å². The fourth-order valence-electron chi connectivity index (χ4n) is 4.04. The van der Waals surface area contributed by atoms with Gasteiger partial charge in [-0.25, -0.2) is 8.42 Å². The van der Waals surface area contributed by atoms with Crippen molar-refractivity contribution < 1.29 is 18.0 Å². The van der Waals surface area contributed by atoms with Crippen LogP contribution in [0.3, 0.4) is 0 Å². The van der Waals surface area contributed by atoms with Gasteiger partial charge in [-0.3, -0.25) is 14.6 Å². The summed E-state index contributed by atoms with van der Waals surface area (Å²) in [7, 11) is -3.29. The number of piperazine rings is 1. The highest BCUT2D eigenvalue weighted by molar-refractivity contribution is 7.91. The van der Waals surface area contributed by atoms with Crippen molar-refractivity contribution in [2.24, 2.45) is 0 Å². The van der Waals surface area contributed by atoms with E-state index in [1.165, 1.54) is 6.92 Å². The van der Waals surface area contributed by atoms with Gasteiger partial charge in [-0.05, 0) is 18.2 Å². The lowest BCUT2D eigenvalue weighted by Gasteiger charge is -2.43. The second-order valence-electron chi connectivity index (χ2n) is 6.80. The molecule has 2 aromatic rings. The van der Waals surface area contributed by atoms with E-state index in [2.05, 4.69) is 4.98 Å². The lowest BCUT2D eigenvalue weighted by molar-refractivity contribution is -0.133. The van der Waals surface area contributed by atoms with E-state index in [0.717, 1.165) is 10.9 Å². The van der Waals surface area contributed by atoms with Crippen molar-refractivity contribution in [3.8, 4) is 0 Å². The summed E-state index contributed by atoms with van der Waals surface area (Å²) in [5, 5.41) is 0.742. The van der Waals surface area contributed by atoms with E-state index in [-0.39, 0.29) is 23.3 Å². The van der Waals surface area contributed by atoms with E-state index >= 15 is 0 Å². The first-order valence-electron chi connectivity index (χ1n) is 8.50. The summed E-state index contributed by atoms with van der Waals surface area (Å²) in [4.78, 5) is 32.6. The number of carbonyl (C=O) groups is 2. The highest BCUT2D eigenvalue weighted by Crippen LogP contribution is 2.29. The predicted octanol–water partition coefficient (Wildman–Crippen LogP) is 0.705. The molecule has 7 nitrogen and oxygen atoms in total. The first kappa shape index (κ1) is 17.0. The van der Waals surface area contributed by atoms with Gasteiger partial charge in [0.1, 0.15) is 0 Å². The van der Waals surface area contributed by atoms with Gasteiger partial charge in [0.15, 0.2) is 9.84 Å². The van der Waals surface area contributed by atoms with E-state index in [4.69, 9.17) is 0 Å². The molecule has 2 aliphatic heterocycles. The van der Waals surface area contributed by atoms with Crippen LogP contribution in [0.25, 0.3) is 10.9 Å². The minimum Gasteiger partial charge on any atom is -0.335 e. The Hall–Kier alpha value is -2.48. The number of carbonyl (C=O) groups excluding carboxylic acids is 2. The Labute approximate surface area is 151 Å². The maximum Gasteiger partial charge on any atom is 0.254 e. The van der Waals surface area contributed by atoms with Crippen molar-refractivity contribution >= 4 is 32.6 Å². The highest BCUT2D eigenvalue weighted by Gasteiger charge is 2.49. The Bertz CT molecular complexity index is 999. The normalized spacial score (nSPS) is 24.5. The number of pyridine rings is 1. The maximum atomic E-state index is 13.2.